The summed E-state index contributed by atoms with van der Waals surface area (Å²) >= 11 is 0. The van der Waals surface area contributed by atoms with Crippen molar-refractivity contribution in [2.45, 2.75) is 110 Å². The summed E-state index contributed by atoms with van der Waals surface area (Å²) in [7, 11) is 0. The van der Waals surface area contributed by atoms with Crippen LogP contribution in [0.3, 0.4) is 0 Å². The fourth-order valence-electron chi connectivity index (χ4n) is 6.53. The third-order valence-electron chi connectivity index (χ3n) is 8.23. The maximum atomic E-state index is 13.3. The minimum absolute atomic E-state index is 0.0150. The Morgan fingerprint density at radius 2 is 1.74 bits per heavy atom. The zero-order chi connectivity index (χ0) is 24.5. The lowest BCUT2D eigenvalue weighted by molar-refractivity contribution is 0.0598. The average molecular weight is 477 g/mol. The average Bonchev–Trinajstić information content (AvgIpc) is 3.52. The van der Waals surface area contributed by atoms with Gasteiger partial charge in [0.1, 0.15) is 0 Å². The highest BCUT2D eigenvalue weighted by Crippen LogP contribution is 2.38. The van der Waals surface area contributed by atoms with Crippen LogP contribution in [0.2, 0.25) is 0 Å². The molecule has 2 fully saturated rings. The van der Waals surface area contributed by atoms with E-state index in [-0.39, 0.29) is 11.6 Å². The van der Waals surface area contributed by atoms with Crippen molar-refractivity contribution in [2.24, 2.45) is 5.92 Å². The molecule has 0 spiro atoms. The molecule has 0 radical (unpaired) electrons. The quantitative estimate of drug-likeness (QED) is 0.468. The number of rotatable bonds is 7. The SMILES string of the molecule is Cc1cc(C)c2cc(CN(C3CCCCC3)[C@H](c3nnnn3C3CCCC3)C(C)C)c(=O)[nH]c2c1. The van der Waals surface area contributed by atoms with Crippen LogP contribution >= 0.6 is 0 Å². The molecule has 0 unspecified atom stereocenters. The number of aromatic amines is 1. The molecule has 0 bridgehead atoms. The summed E-state index contributed by atoms with van der Waals surface area (Å²) in [5.41, 5.74) is 4.14. The van der Waals surface area contributed by atoms with Crippen molar-refractivity contribution in [1.29, 1.82) is 0 Å². The lowest BCUT2D eigenvalue weighted by Gasteiger charge is -2.41. The Labute approximate surface area is 208 Å². The number of aromatic nitrogens is 5. The Balaban J connectivity index is 1.57. The van der Waals surface area contributed by atoms with Crippen LogP contribution in [0.1, 0.15) is 106 Å². The molecule has 0 aliphatic heterocycles. The maximum Gasteiger partial charge on any atom is 0.252 e. The highest BCUT2D eigenvalue weighted by molar-refractivity contribution is 5.83. The second-order valence-corrected chi connectivity index (χ2v) is 11.2. The molecule has 2 aliphatic carbocycles. The number of tetrazole rings is 1. The van der Waals surface area contributed by atoms with Gasteiger partial charge in [0, 0.05) is 29.1 Å². The Morgan fingerprint density at radius 1 is 1.03 bits per heavy atom. The molecule has 2 heterocycles. The largest absolute Gasteiger partial charge is 0.322 e. The fraction of sp³-hybridized carbons (Fsp3) is 0.643. The molecule has 35 heavy (non-hydrogen) atoms. The molecule has 188 valence electrons. The van der Waals surface area contributed by atoms with Crippen LogP contribution in [0.5, 0.6) is 0 Å². The number of H-pyrrole nitrogens is 1. The molecule has 5 rings (SSSR count). The minimum Gasteiger partial charge on any atom is -0.322 e. The van der Waals surface area contributed by atoms with E-state index in [2.05, 4.69) is 76.0 Å². The van der Waals surface area contributed by atoms with Crippen LogP contribution in [0.25, 0.3) is 10.9 Å². The summed E-state index contributed by atoms with van der Waals surface area (Å²) < 4.78 is 2.12. The first-order valence-electron chi connectivity index (χ1n) is 13.6. The van der Waals surface area contributed by atoms with Gasteiger partial charge < -0.3 is 4.98 Å². The highest BCUT2D eigenvalue weighted by atomic mass is 16.1. The molecular weight excluding hydrogens is 436 g/mol. The second kappa shape index (κ2) is 10.2. The van der Waals surface area contributed by atoms with E-state index in [0.29, 0.717) is 24.5 Å². The number of hydrogen-bond acceptors (Lipinski definition) is 5. The predicted molar refractivity (Wildman–Crippen MR) is 139 cm³/mol. The zero-order valence-corrected chi connectivity index (χ0v) is 21.8. The monoisotopic (exact) mass is 476 g/mol. The van der Waals surface area contributed by atoms with Gasteiger partial charge in [0.2, 0.25) is 0 Å². The van der Waals surface area contributed by atoms with Gasteiger partial charge in [0.25, 0.3) is 5.56 Å². The van der Waals surface area contributed by atoms with Gasteiger partial charge in [-0.15, -0.1) is 5.10 Å². The number of fused-ring (bicyclic) bond motifs is 1. The van der Waals surface area contributed by atoms with E-state index in [1.54, 1.807) is 0 Å². The zero-order valence-electron chi connectivity index (χ0n) is 21.8. The van der Waals surface area contributed by atoms with E-state index in [1.807, 2.05) is 0 Å². The molecule has 7 nitrogen and oxygen atoms in total. The normalized spacial score (nSPS) is 18.8. The number of nitrogens with one attached hydrogen (secondary N) is 1. The van der Waals surface area contributed by atoms with Crippen LogP contribution < -0.4 is 5.56 Å². The molecule has 0 saturated heterocycles. The Bertz CT molecular complexity index is 1220. The molecule has 2 aliphatic rings. The number of hydrogen-bond donors (Lipinski definition) is 1. The molecule has 3 aromatic rings. The smallest absolute Gasteiger partial charge is 0.252 e. The van der Waals surface area contributed by atoms with Crippen molar-refractivity contribution >= 4 is 10.9 Å². The van der Waals surface area contributed by atoms with Gasteiger partial charge in [-0.25, -0.2) is 4.68 Å². The Morgan fingerprint density at radius 3 is 2.46 bits per heavy atom. The first-order valence-corrected chi connectivity index (χ1v) is 13.6. The molecule has 2 aromatic heterocycles. The topological polar surface area (TPSA) is 79.7 Å². The van der Waals surface area contributed by atoms with Gasteiger partial charge >= 0.3 is 0 Å². The number of nitrogens with zero attached hydrogens (tertiary/aromatic N) is 5. The number of pyridine rings is 1. The van der Waals surface area contributed by atoms with E-state index in [9.17, 15) is 4.79 Å². The van der Waals surface area contributed by atoms with Gasteiger partial charge in [-0.2, -0.15) is 0 Å². The fourth-order valence-corrected chi connectivity index (χ4v) is 6.53. The van der Waals surface area contributed by atoms with Gasteiger partial charge in [-0.1, -0.05) is 52.0 Å². The van der Waals surface area contributed by atoms with Crippen LogP contribution in [-0.2, 0) is 6.54 Å². The Kier molecular flexibility index (Phi) is 7.05. The summed E-state index contributed by atoms with van der Waals surface area (Å²) in [6.45, 7) is 9.36. The van der Waals surface area contributed by atoms with E-state index < -0.39 is 0 Å². The maximum absolute atomic E-state index is 13.3. The minimum atomic E-state index is 0.0150. The van der Waals surface area contributed by atoms with Gasteiger partial charge in [0.05, 0.1) is 12.1 Å². The van der Waals surface area contributed by atoms with Crippen molar-refractivity contribution in [3.05, 3.63) is 51.1 Å². The molecule has 0 amide bonds. The van der Waals surface area contributed by atoms with Crippen LogP contribution in [0, 0.1) is 19.8 Å². The van der Waals surface area contributed by atoms with Crippen LogP contribution in [0.15, 0.2) is 23.0 Å². The van der Waals surface area contributed by atoms with Crippen molar-refractivity contribution in [3.8, 4) is 0 Å². The first kappa shape index (κ1) is 24.2. The van der Waals surface area contributed by atoms with Gasteiger partial charge in [0.15, 0.2) is 5.82 Å². The van der Waals surface area contributed by atoms with E-state index in [0.717, 1.165) is 48.0 Å². The van der Waals surface area contributed by atoms with Crippen molar-refractivity contribution < 1.29 is 0 Å². The van der Waals surface area contributed by atoms with Gasteiger partial charge in [-0.3, -0.25) is 9.69 Å². The summed E-state index contributed by atoms with van der Waals surface area (Å²) in [5.74, 6) is 1.30. The molecule has 7 heteroatoms. The first-order chi connectivity index (χ1) is 16.9. The van der Waals surface area contributed by atoms with Crippen LogP contribution in [-0.4, -0.2) is 36.1 Å². The predicted octanol–water partition coefficient (Wildman–Crippen LogP) is 5.78. The van der Waals surface area contributed by atoms with E-state index in [1.165, 1.54) is 43.2 Å². The second-order valence-electron chi connectivity index (χ2n) is 11.2. The molecule has 1 N–H and O–H groups in total. The van der Waals surface area contributed by atoms with E-state index in [4.69, 9.17) is 0 Å². The number of benzene rings is 1. The van der Waals surface area contributed by atoms with Crippen LogP contribution in [0.4, 0.5) is 0 Å². The molecular formula is C28H40N6O. The lowest BCUT2D eigenvalue weighted by Crippen LogP contribution is -2.43. The number of aryl methyl sites for hydroxylation is 2. The van der Waals surface area contributed by atoms with E-state index >= 15 is 0 Å². The highest BCUT2D eigenvalue weighted by Gasteiger charge is 2.36. The van der Waals surface area contributed by atoms with Crippen molar-refractivity contribution in [1.82, 2.24) is 30.1 Å². The summed E-state index contributed by atoms with van der Waals surface area (Å²) in [4.78, 5) is 19.1. The third kappa shape index (κ3) is 4.92. The molecule has 1 atom stereocenters. The standard InChI is InChI=1S/C28H40N6O/c1-18(2)26(27-30-31-32-34(27)23-12-8-9-13-23)33(22-10-6-5-7-11-22)17-21-16-24-20(4)14-19(3)15-25(24)29-28(21)35/h14-16,18,22-23,26H,5-13,17H2,1-4H3,(H,29,35)/t26-/m0/s1. The Hall–Kier alpha value is -2.54. The summed E-state index contributed by atoms with van der Waals surface area (Å²) in [6.07, 6.45) is 10.9. The van der Waals surface area contributed by atoms with Crippen molar-refractivity contribution in [3.63, 3.8) is 0 Å². The molecule has 2 saturated carbocycles. The molecule has 1 aromatic carbocycles. The van der Waals surface area contributed by atoms with Crippen molar-refractivity contribution in [2.75, 3.05) is 0 Å². The summed E-state index contributed by atoms with van der Waals surface area (Å²) in [5, 5.41) is 14.4. The third-order valence-corrected chi connectivity index (χ3v) is 8.23. The van der Waals surface area contributed by atoms with Gasteiger partial charge in [-0.05, 0) is 79.1 Å². The summed E-state index contributed by atoms with van der Waals surface area (Å²) in [6, 6.07) is 7.27. The lowest BCUT2D eigenvalue weighted by atomic mass is 9.90.